The SMILES string of the molecule is CCC[C@H]1C[C@H](n2cnnc2)CCN1c1ccc(CN2[C@@H](C)CC[C@H](c3ccccc3)S2(=O)=O)c(F)c1. The minimum absolute atomic E-state index is 0.0486. The lowest BCUT2D eigenvalue weighted by Gasteiger charge is -2.41. The number of piperidine rings is 1. The monoisotopic (exact) mass is 525 g/mol. The molecule has 0 saturated carbocycles. The van der Waals surface area contributed by atoms with E-state index in [1.807, 2.05) is 43.3 Å². The maximum atomic E-state index is 15.5. The zero-order chi connectivity index (χ0) is 26.0. The number of hydrogen-bond acceptors (Lipinski definition) is 5. The number of benzene rings is 2. The van der Waals surface area contributed by atoms with Gasteiger partial charge in [-0.3, -0.25) is 0 Å². The van der Waals surface area contributed by atoms with Crippen LogP contribution < -0.4 is 4.90 Å². The first-order valence-corrected chi connectivity index (χ1v) is 14.8. The molecule has 3 aromatic rings. The van der Waals surface area contributed by atoms with Gasteiger partial charge in [0.25, 0.3) is 0 Å². The standard InChI is InChI=1S/C28H36FN5O2S/c1-3-7-25-16-24(32-19-30-31-20-32)14-15-33(25)26-12-11-23(27(29)17-26)18-34-21(2)10-13-28(37(34,35)36)22-8-5-4-6-9-22/h4-6,8-9,11-12,17,19-21,24-25,28H,3,7,10,13-16,18H2,1-2H3/t21-,24+,25-,28+/m0/s1. The number of sulfonamides is 1. The molecule has 4 atom stereocenters. The van der Waals surface area contributed by atoms with Crippen molar-refractivity contribution in [2.24, 2.45) is 0 Å². The Kier molecular flexibility index (Phi) is 7.62. The molecule has 2 fully saturated rings. The van der Waals surface area contributed by atoms with Crippen LogP contribution in [0.2, 0.25) is 0 Å². The van der Waals surface area contributed by atoms with Gasteiger partial charge in [0.05, 0.1) is 0 Å². The molecule has 0 N–H and O–H groups in total. The fourth-order valence-electron chi connectivity index (χ4n) is 6.01. The first-order valence-electron chi connectivity index (χ1n) is 13.3. The topological polar surface area (TPSA) is 71.3 Å². The van der Waals surface area contributed by atoms with E-state index in [0.717, 1.165) is 49.9 Å². The lowest BCUT2D eigenvalue weighted by molar-refractivity contribution is 0.279. The summed E-state index contributed by atoms with van der Waals surface area (Å²) in [7, 11) is -3.61. The van der Waals surface area contributed by atoms with E-state index >= 15 is 4.39 Å². The van der Waals surface area contributed by atoms with Gasteiger partial charge in [-0.05, 0) is 56.7 Å². The largest absolute Gasteiger partial charge is 0.368 e. The summed E-state index contributed by atoms with van der Waals surface area (Å²) in [4.78, 5) is 2.31. The lowest BCUT2D eigenvalue weighted by atomic mass is 9.93. The van der Waals surface area contributed by atoms with Crippen LogP contribution in [-0.2, 0) is 16.6 Å². The van der Waals surface area contributed by atoms with Gasteiger partial charge in [-0.1, -0.05) is 49.7 Å². The van der Waals surface area contributed by atoms with Gasteiger partial charge in [0.1, 0.15) is 23.7 Å². The molecular formula is C28H36FN5O2S. The molecule has 0 spiro atoms. The number of anilines is 1. The molecule has 9 heteroatoms. The second kappa shape index (κ2) is 10.9. The first kappa shape index (κ1) is 25.9. The zero-order valence-corrected chi connectivity index (χ0v) is 22.4. The van der Waals surface area contributed by atoms with Crippen molar-refractivity contribution in [3.63, 3.8) is 0 Å². The van der Waals surface area contributed by atoms with E-state index in [1.54, 1.807) is 24.8 Å². The first-order chi connectivity index (χ1) is 17.9. The number of halogens is 1. The van der Waals surface area contributed by atoms with Crippen LogP contribution in [0.5, 0.6) is 0 Å². The Morgan fingerprint density at radius 1 is 1.03 bits per heavy atom. The van der Waals surface area contributed by atoms with Crippen molar-refractivity contribution in [1.29, 1.82) is 0 Å². The molecule has 7 nitrogen and oxygen atoms in total. The van der Waals surface area contributed by atoms with Crippen molar-refractivity contribution in [2.45, 2.75) is 82.3 Å². The zero-order valence-electron chi connectivity index (χ0n) is 21.6. The summed E-state index contributed by atoms with van der Waals surface area (Å²) >= 11 is 0. The van der Waals surface area contributed by atoms with Crippen LogP contribution in [0.3, 0.4) is 0 Å². The molecule has 5 rings (SSSR count). The van der Waals surface area contributed by atoms with Crippen molar-refractivity contribution in [3.8, 4) is 0 Å². The molecule has 2 aromatic carbocycles. The smallest absolute Gasteiger partial charge is 0.221 e. The van der Waals surface area contributed by atoms with Gasteiger partial charge in [-0.2, -0.15) is 4.31 Å². The van der Waals surface area contributed by atoms with Gasteiger partial charge in [-0.15, -0.1) is 10.2 Å². The molecular weight excluding hydrogens is 489 g/mol. The van der Waals surface area contributed by atoms with Gasteiger partial charge in [-0.25, -0.2) is 12.8 Å². The second-order valence-corrected chi connectivity index (χ2v) is 12.5. The molecule has 198 valence electrons. The van der Waals surface area contributed by atoms with Gasteiger partial charge < -0.3 is 9.47 Å². The van der Waals surface area contributed by atoms with Gasteiger partial charge in [0, 0.05) is 42.5 Å². The summed E-state index contributed by atoms with van der Waals surface area (Å²) in [5, 5.41) is 7.32. The average molecular weight is 526 g/mol. The summed E-state index contributed by atoms with van der Waals surface area (Å²) in [6, 6.07) is 15.1. The molecule has 0 amide bonds. The number of aromatic nitrogens is 3. The molecule has 2 saturated heterocycles. The van der Waals surface area contributed by atoms with E-state index in [2.05, 4.69) is 26.6 Å². The third-order valence-electron chi connectivity index (χ3n) is 8.06. The maximum absolute atomic E-state index is 15.5. The quantitative estimate of drug-likeness (QED) is 0.408. The molecule has 0 aliphatic carbocycles. The minimum Gasteiger partial charge on any atom is -0.368 e. The molecule has 0 unspecified atom stereocenters. The van der Waals surface area contributed by atoms with Gasteiger partial charge in [0.15, 0.2) is 0 Å². The average Bonchev–Trinajstić information content (AvgIpc) is 3.43. The van der Waals surface area contributed by atoms with Crippen molar-refractivity contribution >= 4 is 15.7 Å². The van der Waals surface area contributed by atoms with Crippen LogP contribution in [0.1, 0.15) is 74.8 Å². The van der Waals surface area contributed by atoms with Gasteiger partial charge in [0.2, 0.25) is 10.0 Å². The second-order valence-electron chi connectivity index (χ2n) is 10.4. The molecule has 2 aliphatic rings. The number of rotatable bonds is 7. The van der Waals surface area contributed by atoms with Crippen LogP contribution >= 0.6 is 0 Å². The highest BCUT2D eigenvalue weighted by molar-refractivity contribution is 7.89. The molecule has 2 aliphatic heterocycles. The van der Waals surface area contributed by atoms with E-state index in [0.29, 0.717) is 24.1 Å². The lowest BCUT2D eigenvalue weighted by Crippen LogP contribution is -2.45. The Balaban J connectivity index is 1.34. The fraction of sp³-hybridized carbons (Fsp3) is 0.500. The van der Waals surface area contributed by atoms with Crippen LogP contribution in [0.4, 0.5) is 10.1 Å². The molecule has 1 aromatic heterocycles. The minimum atomic E-state index is -3.61. The summed E-state index contributed by atoms with van der Waals surface area (Å²) in [6.45, 7) is 4.96. The van der Waals surface area contributed by atoms with Crippen molar-refractivity contribution < 1.29 is 12.8 Å². The van der Waals surface area contributed by atoms with E-state index in [1.165, 1.54) is 4.31 Å². The predicted molar refractivity (Wildman–Crippen MR) is 143 cm³/mol. The number of hydrogen-bond donors (Lipinski definition) is 0. The molecule has 3 heterocycles. The molecule has 0 radical (unpaired) electrons. The van der Waals surface area contributed by atoms with E-state index in [9.17, 15) is 8.42 Å². The Morgan fingerprint density at radius 3 is 2.49 bits per heavy atom. The third kappa shape index (κ3) is 5.29. The van der Waals surface area contributed by atoms with Gasteiger partial charge >= 0.3 is 0 Å². The van der Waals surface area contributed by atoms with Crippen molar-refractivity contribution in [1.82, 2.24) is 19.1 Å². The Bertz CT molecular complexity index is 1290. The van der Waals surface area contributed by atoms with Crippen molar-refractivity contribution in [2.75, 3.05) is 11.4 Å². The van der Waals surface area contributed by atoms with Crippen LogP contribution in [-0.4, -0.2) is 46.1 Å². The summed E-state index contributed by atoms with van der Waals surface area (Å²) in [5.41, 5.74) is 2.07. The predicted octanol–water partition coefficient (Wildman–Crippen LogP) is 5.48. The normalized spacial score (nSPS) is 26.3. The Hall–Kier alpha value is -2.78. The van der Waals surface area contributed by atoms with E-state index < -0.39 is 15.3 Å². The number of nitrogens with zero attached hydrogens (tertiary/aromatic N) is 5. The van der Waals surface area contributed by atoms with E-state index in [-0.39, 0.29) is 18.4 Å². The highest BCUT2D eigenvalue weighted by Crippen LogP contribution is 2.39. The van der Waals surface area contributed by atoms with Crippen LogP contribution in [0, 0.1) is 5.82 Å². The van der Waals surface area contributed by atoms with E-state index in [4.69, 9.17) is 0 Å². The highest BCUT2D eigenvalue weighted by Gasteiger charge is 2.40. The Morgan fingerprint density at radius 2 is 1.78 bits per heavy atom. The summed E-state index contributed by atoms with van der Waals surface area (Å²) in [5.74, 6) is -0.349. The summed E-state index contributed by atoms with van der Waals surface area (Å²) in [6.07, 6.45) is 8.83. The third-order valence-corrected chi connectivity index (χ3v) is 10.4. The van der Waals surface area contributed by atoms with Crippen molar-refractivity contribution in [3.05, 3.63) is 78.1 Å². The summed E-state index contributed by atoms with van der Waals surface area (Å²) < 4.78 is 46.2. The maximum Gasteiger partial charge on any atom is 0.221 e. The van der Waals surface area contributed by atoms with Crippen LogP contribution in [0.15, 0.2) is 61.2 Å². The Labute approximate surface area is 219 Å². The highest BCUT2D eigenvalue weighted by atomic mass is 32.2. The fourth-order valence-corrected chi connectivity index (χ4v) is 8.20. The molecule has 37 heavy (non-hydrogen) atoms. The van der Waals surface area contributed by atoms with Crippen LogP contribution in [0.25, 0.3) is 0 Å². The molecule has 0 bridgehead atoms.